The van der Waals surface area contributed by atoms with Crippen molar-refractivity contribution in [3.8, 4) is 0 Å². The predicted molar refractivity (Wildman–Crippen MR) is 47.4 cm³/mol. The van der Waals surface area contributed by atoms with Crippen LogP contribution in [0.25, 0.3) is 0 Å². The smallest absolute Gasteiger partial charge is 0.209 e. The van der Waals surface area contributed by atoms with Gasteiger partial charge < -0.3 is 4.90 Å². The number of carbonyl (C=O) groups excluding carboxylic acids is 1. The molecule has 0 aliphatic heterocycles. The van der Waals surface area contributed by atoms with Crippen LogP contribution in [-0.4, -0.2) is 24.4 Å². The molecule has 66 valence electrons. The van der Waals surface area contributed by atoms with Gasteiger partial charge in [-0.1, -0.05) is 20.3 Å². The maximum absolute atomic E-state index is 10.4. The molecule has 0 spiro atoms. The molecule has 0 aromatic carbocycles. The minimum absolute atomic E-state index is 0.740. The Hall–Kier alpha value is -0.530. The highest BCUT2D eigenvalue weighted by Gasteiger charge is 2.01. The molecule has 2 nitrogen and oxygen atoms in total. The van der Waals surface area contributed by atoms with Gasteiger partial charge in [-0.3, -0.25) is 4.79 Å². The van der Waals surface area contributed by atoms with Gasteiger partial charge in [0, 0.05) is 13.1 Å². The quantitative estimate of drug-likeness (QED) is 0.539. The zero-order valence-corrected chi connectivity index (χ0v) is 7.84. The lowest BCUT2D eigenvalue weighted by atomic mass is 10.1. The van der Waals surface area contributed by atoms with E-state index < -0.39 is 0 Å². The summed E-state index contributed by atoms with van der Waals surface area (Å²) >= 11 is 0. The highest BCUT2D eigenvalue weighted by Crippen LogP contribution is 2.06. The molecule has 0 bridgehead atoms. The van der Waals surface area contributed by atoms with Gasteiger partial charge in [-0.05, 0) is 19.3 Å². The van der Waals surface area contributed by atoms with E-state index in [1.165, 1.54) is 6.42 Å². The van der Waals surface area contributed by atoms with Gasteiger partial charge in [0.25, 0.3) is 0 Å². The second kappa shape index (κ2) is 6.20. The third-order valence-electron chi connectivity index (χ3n) is 2.16. The van der Waals surface area contributed by atoms with E-state index in [2.05, 4.69) is 13.8 Å². The maximum atomic E-state index is 10.4. The van der Waals surface area contributed by atoms with E-state index in [4.69, 9.17) is 0 Å². The Bertz CT molecular complexity index is 104. The van der Waals surface area contributed by atoms with Gasteiger partial charge in [0.15, 0.2) is 0 Å². The largest absolute Gasteiger partial charge is 0.346 e. The molecule has 0 saturated carbocycles. The summed E-state index contributed by atoms with van der Waals surface area (Å²) in [5.41, 5.74) is 0. The number of nitrogens with zero attached hydrogens (tertiary/aromatic N) is 1. The van der Waals surface area contributed by atoms with Crippen LogP contribution in [0.5, 0.6) is 0 Å². The molecule has 1 amide bonds. The first-order chi connectivity index (χ1) is 5.24. The van der Waals surface area contributed by atoms with Gasteiger partial charge in [0.05, 0.1) is 0 Å². The van der Waals surface area contributed by atoms with Crippen LogP contribution in [0, 0.1) is 5.92 Å². The van der Waals surface area contributed by atoms with Crippen molar-refractivity contribution in [2.45, 2.75) is 33.6 Å². The molecule has 0 fully saturated rings. The molecular weight excluding hydrogens is 138 g/mol. The Kier molecular flexibility index (Phi) is 5.90. The molecule has 0 radical (unpaired) electrons. The van der Waals surface area contributed by atoms with E-state index in [1.807, 2.05) is 11.8 Å². The fourth-order valence-corrected chi connectivity index (χ4v) is 0.876. The lowest BCUT2D eigenvalue weighted by Gasteiger charge is -2.16. The second-order valence-corrected chi connectivity index (χ2v) is 3.04. The topological polar surface area (TPSA) is 20.3 Å². The van der Waals surface area contributed by atoms with Crippen LogP contribution in [0.15, 0.2) is 0 Å². The average molecular weight is 157 g/mol. The Morgan fingerprint density at radius 3 is 2.45 bits per heavy atom. The second-order valence-electron chi connectivity index (χ2n) is 3.04. The van der Waals surface area contributed by atoms with Crippen molar-refractivity contribution in [3.05, 3.63) is 0 Å². The average Bonchev–Trinajstić information content (AvgIpc) is 2.06. The van der Waals surface area contributed by atoms with E-state index in [0.717, 1.165) is 31.8 Å². The van der Waals surface area contributed by atoms with Crippen LogP contribution < -0.4 is 0 Å². The molecule has 11 heavy (non-hydrogen) atoms. The zero-order chi connectivity index (χ0) is 8.69. The molecule has 2 heteroatoms. The van der Waals surface area contributed by atoms with Gasteiger partial charge >= 0.3 is 0 Å². The highest BCUT2D eigenvalue weighted by atomic mass is 16.1. The van der Waals surface area contributed by atoms with Gasteiger partial charge in [0.1, 0.15) is 0 Å². The van der Waals surface area contributed by atoms with E-state index in [0.29, 0.717) is 0 Å². The summed E-state index contributed by atoms with van der Waals surface area (Å²) in [6, 6.07) is 0. The van der Waals surface area contributed by atoms with Crippen LogP contribution in [0.4, 0.5) is 0 Å². The zero-order valence-electron chi connectivity index (χ0n) is 7.84. The van der Waals surface area contributed by atoms with Gasteiger partial charge in [-0.15, -0.1) is 0 Å². The Labute approximate surface area is 69.6 Å². The summed E-state index contributed by atoms with van der Waals surface area (Å²) in [4.78, 5) is 12.2. The minimum Gasteiger partial charge on any atom is -0.346 e. The standard InChI is InChI=1S/C9H19NO/c1-4-9(3)6-7-10(5-2)8-11/h8-9H,4-7H2,1-3H3. The first kappa shape index (κ1) is 10.5. The van der Waals surface area contributed by atoms with Crippen molar-refractivity contribution in [2.75, 3.05) is 13.1 Å². The fraction of sp³-hybridized carbons (Fsp3) is 0.889. The lowest BCUT2D eigenvalue weighted by molar-refractivity contribution is -0.118. The summed E-state index contributed by atoms with van der Waals surface area (Å²) in [5, 5.41) is 0. The maximum Gasteiger partial charge on any atom is 0.209 e. The Morgan fingerprint density at radius 1 is 1.45 bits per heavy atom. The van der Waals surface area contributed by atoms with E-state index in [9.17, 15) is 4.79 Å². The van der Waals surface area contributed by atoms with Crippen LogP contribution in [0.1, 0.15) is 33.6 Å². The lowest BCUT2D eigenvalue weighted by Crippen LogP contribution is -2.23. The number of rotatable bonds is 6. The molecule has 0 aromatic heterocycles. The van der Waals surface area contributed by atoms with Crippen LogP contribution >= 0.6 is 0 Å². The summed E-state index contributed by atoms with van der Waals surface area (Å²) in [5.74, 6) is 0.740. The molecular formula is C9H19NO. The molecule has 0 rings (SSSR count). The molecule has 0 N–H and O–H groups in total. The van der Waals surface area contributed by atoms with Gasteiger partial charge in [0.2, 0.25) is 6.41 Å². The number of carbonyl (C=O) groups is 1. The molecule has 0 saturated heterocycles. The van der Waals surface area contributed by atoms with Gasteiger partial charge in [-0.2, -0.15) is 0 Å². The number of hydrogen-bond donors (Lipinski definition) is 0. The third kappa shape index (κ3) is 4.82. The number of amides is 1. The molecule has 0 aliphatic carbocycles. The van der Waals surface area contributed by atoms with Crippen LogP contribution in [0.3, 0.4) is 0 Å². The van der Waals surface area contributed by atoms with E-state index >= 15 is 0 Å². The predicted octanol–water partition coefficient (Wildman–Crippen LogP) is 1.90. The SMILES string of the molecule is CCC(C)CCN(C=O)CC. The van der Waals surface area contributed by atoms with E-state index in [-0.39, 0.29) is 0 Å². The van der Waals surface area contributed by atoms with Crippen molar-refractivity contribution >= 4 is 6.41 Å². The fourth-order valence-electron chi connectivity index (χ4n) is 0.876. The first-order valence-electron chi connectivity index (χ1n) is 4.43. The van der Waals surface area contributed by atoms with Gasteiger partial charge in [-0.25, -0.2) is 0 Å². The number of hydrogen-bond acceptors (Lipinski definition) is 1. The van der Waals surface area contributed by atoms with Crippen molar-refractivity contribution in [2.24, 2.45) is 5.92 Å². The molecule has 1 unspecified atom stereocenters. The summed E-state index contributed by atoms with van der Waals surface area (Å²) < 4.78 is 0. The van der Waals surface area contributed by atoms with Crippen LogP contribution in [-0.2, 0) is 4.79 Å². The molecule has 1 atom stereocenters. The Morgan fingerprint density at radius 2 is 2.09 bits per heavy atom. The van der Waals surface area contributed by atoms with Crippen molar-refractivity contribution in [1.29, 1.82) is 0 Å². The summed E-state index contributed by atoms with van der Waals surface area (Å²) in [6.45, 7) is 8.15. The van der Waals surface area contributed by atoms with Crippen molar-refractivity contribution < 1.29 is 4.79 Å². The normalized spacial score (nSPS) is 12.6. The molecule has 0 heterocycles. The molecule has 0 aromatic rings. The third-order valence-corrected chi connectivity index (χ3v) is 2.16. The highest BCUT2D eigenvalue weighted by molar-refractivity contribution is 5.46. The summed E-state index contributed by atoms with van der Waals surface area (Å²) in [6.07, 6.45) is 3.27. The first-order valence-corrected chi connectivity index (χ1v) is 4.43. The van der Waals surface area contributed by atoms with E-state index in [1.54, 1.807) is 0 Å². The van der Waals surface area contributed by atoms with Crippen molar-refractivity contribution in [1.82, 2.24) is 4.90 Å². The molecule has 0 aliphatic rings. The summed E-state index contributed by atoms with van der Waals surface area (Å²) in [7, 11) is 0. The Balaban J connectivity index is 3.41. The van der Waals surface area contributed by atoms with Crippen molar-refractivity contribution in [3.63, 3.8) is 0 Å². The van der Waals surface area contributed by atoms with Crippen LogP contribution in [0.2, 0.25) is 0 Å². The minimum atomic E-state index is 0.740. The monoisotopic (exact) mass is 157 g/mol.